The molecular formula is C11H13N3OS. The summed E-state index contributed by atoms with van der Waals surface area (Å²) in [7, 11) is 0. The van der Waals surface area contributed by atoms with Gasteiger partial charge in [0.1, 0.15) is 0 Å². The van der Waals surface area contributed by atoms with Crippen molar-refractivity contribution in [1.29, 1.82) is 0 Å². The van der Waals surface area contributed by atoms with Crippen molar-refractivity contribution in [2.75, 3.05) is 0 Å². The molecule has 0 atom stereocenters. The van der Waals surface area contributed by atoms with E-state index in [1.54, 1.807) is 11.3 Å². The maximum atomic E-state index is 8.63. The van der Waals surface area contributed by atoms with Gasteiger partial charge in [-0.25, -0.2) is 0 Å². The van der Waals surface area contributed by atoms with E-state index in [-0.39, 0.29) is 5.84 Å². The fourth-order valence-electron chi connectivity index (χ4n) is 1.58. The van der Waals surface area contributed by atoms with Gasteiger partial charge in [0.2, 0.25) is 0 Å². The van der Waals surface area contributed by atoms with E-state index in [1.807, 2.05) is 22.9 Å². The van der Waals surface area contributed by atoms with Crippen LogP contribution in [0.5, 0.6) is 0 Å². The third-order valence-corrected chi connectivity index (χ3v) is 3.15. The number of oxime groups is 1. The molecule has 0 saturated carbocycles. The van der Waals surface area contributed by atoms with Crippen molar-refractivity contribution in [3.63, 3.8) is 0 Å². The van der Waals surface area contributed by atoms with Crippen LogP contribution in [0.3, 0.4) is 0 Å². The van der Waals surface area contributed by atoms with E-state index in [0.717, 1.165) is 18.7 Å². The van der Waals surface area contributed by atoms with Crippen LogP contribution in [0.1, 0.15) is 11.3 Å². The summed E-state index contributed by atoms with van der Waals surface area (Å²) in [5.74, 6) is 0.148. The molecule has 0 bridgehead atoms. The van der Waals surface area contributed by atoms with E-state index in [2.05, 4.69) is 22.0 Å². The molecule has 5 heteroatoms. The number of aromatic nitrogens is 1. The summed E-state index contributed by atoms with van der Waals surface area (Å²) in [6.07, 6.45) is 2.88. The van der Waals surface area contributed by atoms with E-state index >= 15 is 0 Å². The van der Waals surface area contributed by atoms with Crippen LogP contribution in [0.2, 0.25) is 0 Å². The number of aryl methyl sites for hydroxylation is 2. The maximum absolute atomic E-state index is 8.63. The Balaban J connectivity index is 2.07. The van der Waals surface area contributed by atoms with Gasteiger partial charge < -0.3 is 15.5 Å². The quantitative estimate of drug-likeness (QED) is 0.368. The maximum Gasteiger partial charge on any atom is 0.186 e. The van der Waals surface area contributed by atoms with Crippen LogP contribution in [0.4, 0.5) is 0 Å². The Bertz CT molecular complexity index is 473. The SMILES string of the molecule is N/C(=N/O)c1cccn1CCc1ccsc1. The minimum Gasteiger partial charge on any atom is -0.409 e. The highest BCUT2D eigenvalue weighted by atomic mass is 32.1. The van der Waals surface area contributed by atoms with Gasteiger partial charge in [0.15, 0.2) is 5.84 Å². The standard InChI is InChI=1S/C11H13N3OS/c12-11(13-15)10-2-1-5-14(10)6-3-9-4-7-16-8-9/h1-2,4-5,7-8,15H,3,6H2,(H2,12,13). The lowest BCUT2D eigenvalue weighted by Crippen LogP contribution is -2.18. The van der Waals surface area contributed by atoms with E-state index < -0.39 is 0 Å². The molecule has 3 N–H and O–H groups in total. The Hall–Kier alpha value is -1.75. The van der Waals surface area contributed by atoms with Crippen LogP contribution in [0.15, 0.2) is 40.3 Å². The van der Waals surface area contributed by atoms with Crippen molar-refractivity contribution in [3.8, 4) is 0 Å². The van der Waals surface area contributed by atoms with Crippen LogP contribution in [-0.4, -0.2) is 15.6 Å². The first-order chi connectivity index (χ1) is 7.81. The average molecular weight is 235 g/mol. The molecule has 0 spiro atoms. The smallest absolute Gasteiger partial charge is 0.186 e. The van der Waals surface area contributed by atoms with Gasteiger partial charge in [0.05, 0.1) is 5.69 Å². The van der Waals surface area contributed by atoms with Crippen molar-refractivity contribution in [2.24, 2.45) is 10.9 Å². The monoisotopic (exact) mass is 235 g/mol. The molecule has 0 amide bonds. The van der Waals surface area contributed by atoms with Crippen LogP contribution in [-0.2, 0) is 13.0 Å². The van der Waals surface area contributed by atoms with Crippen molar-refractivity contribution in [1.82, 2.24) is 4.57 Å². The predicted molar refractivity (Wildman–Crippen MR) is 65.0 cm³/mol. The van der Waals surface area contributed by atoms with Gasteiger partial charge in [-0.05, 0) is 40.9 Å². The van der Waals surface area contributed by atoms with Crippen LogP contribution in [0.25, 0.3) is 0 Å². The van der Waals surface area contributed by atoms with Gasteiger partial charge in [-0.3, -0.25) is 0 Å². The van der Waals surface area contributed by atoms with Crippen LogP contribution in [0, 0.1) is 0 Å². The summed E-state index contributed by atoms with van der Waals surface area (Å²) in [5.41, 5.74) is 7.63. The molecule has 0 unspecified atom stereocenters. The molecule has 2 heterocycles. The molecule has 0 saturated heterocycles. The molecule has 2 aromatic rings. The molecule has 0 fully saturated rings. The lowest BCUT2D eigenvalue weighted by Gasteiger charge is -2.06. The topological polar surface area (TPSA) is 63.5 Å². The highest BCUT2D eigenvalue weighted by Crippen LogP contribution is 2.09. The summed E-state index contributed by atoms with van der Waals surface area (Å²) < 4.78 is 1.98. The molecule has 0 aliphatic rings. The number of hydrogen-bond acceptors (Lipinski definition) is 3. The fourth-order valence-corrected chi connectivity index (χ4v) is 2.28. The zero-order chi connectivity index (χ0) is 11.4. The Labute approximate surface area is 97.6 Å². The van der Waals surface area contributed by atoms with E-state index in [4.69, 9.17) is 10.9 Å². The fraction of sp³-hybridized carbons (Fsp3) is 0.182. The van der Waals surface area contributed by atoms with Crippen molar-refractivity contribution < 1.29 is 5.21 Å². The molecular weight excluding hydrogens is 222 g/mol. The average Bonchev–Trinajstić information content (AvgIpc) is 2.96. The molecule has 0 aromatic carbocycles. The van der Waals surface area contributed by atoms with Crippen molar-refractivity contribution >= 4 is 17.2 Å². The Morgan fingerprint density at radius 3 is 3.06 bits per heavy atom. The van der Waals surface area contributed by atoms with Gasteiger partial charge >= 0.3 is 0 Å². The third-order valence-electron chi connectivity index (χ3n) is 2.42. The lowest BCUT2D eigenvalue weighted by molar-refractivity contribution is 0.318. The first kappa shape index (κ1) is 10.8. The molecule has 2 aromatic heterocycles. The second kappa shape index (κ2) is 4.85. The van der Waals surface area contributed by atoms with Gasteiger partial charge in [-0.2, -0.15) is 11.3 Å². The van der Waals surface area contributed by atoms with Gasteiger partial charge in [-0.1, -0.05) is 5.16 Å². The molecule has 4 nitrogen and oxygen atoms in total. The van der Waals surface area contributed by atoms with Gasteiger partial charge in [0.25, 0.3) is 0 Å². The summed E-state index contributed by atoms with van der Waals surface area (Å²) in [6.45, 7) is 0.829. The lowest BCUT2D eigenvalue weighted by atomic mass is 10.2. The van der Waals surface area contributed by atoms with E-state index in [0.29, 0.717) is 0 Å². The normalized spacial score (nSPS) is 11.9. The Morgan fingerprint density at radius 1 is 1.50 bits per heavy atom. The number of thiophene rings is 1. The second-order valence-electron chi connectivity index (χ2n) is 3.45. The minimum absolute atomic E-state index is 0.148. The van der Waals surface area contributed by atoms with E-state index in [9.17, 15) is 0 Å². The summed E-state index contributed by atoms with van der Waals surface area (Å²) in [5, 5.41) is 15.8. The summed E-state index contributed by atoms with van der Waals surface area (Å²) >= 11 is 1.69. The van der Waals surface area contributed by atoms with Crippen LogP contribution < -0.4 is 5.73 Å². The summed E-state index contributed by atoms with van der Waals surface area (Å²) in [6, 6.07) is 5.83. The molecule has 16 heavy (non-hydrogen) atoms. The third kappa shape index (κ3) is 2.25. The highest BCUT2D eigenvalue weighted by Gasteiger charge is 2.05. The van der Waals surface area contributed by atoms with E-state index in [1.165, 1.54) is 5.56 Å². The molecule has 0 aliphatic heterocycles. The molecule has 2 rings (SSSR count). The largest absolute Gasteiger partial charge is 0.409 e. The summed E-state index contributed by atoms with van der Waals surface area (Å²) in [4.78, 5) is 0. The van der Waals surface area contributed by atoms with Gasteiger partial charge in [0, 0.05) is 12.7 Å². The first-order valence-corrected chi connectivity index (χ1v) is 5.89. The molecule has 84 valence electrons. The Morgan fingerprint density at radius 2 is 2.38 bits per heavy atom. The zero-order valence-electron chi connectivity index (χ0n) is 8.71. The number of nitrogens with two attached hydrogens (primary N) is 1. The predicted octanol–water partition coefficient (Wildman–Crippen LogP) is 1.89. The first-order valence-electron chi connectivity index (χ1n) is 4.95. The minimum atomic E-state index is 0.148. The number of rotatable bonds is 4. The second-order valence-corrected chi connectivity index (χ2v) is 4.23. The number of hydrogen-bond donors (Lipinski definition) is 2. The number of amidine groups is 1. The molecule has 0 aliphatic carbocycles. The van der Waals surface area contributed by atoms with Gasteiger partial charge in [-0.15, -0.1) is 0 Å². The zero-order valence-corrected chi connectivity index (χ0v) is 9.52. The van der Waals surface area contributed by atoms with Crippen molar-refractivity contribution in [2.45, 2.75) is 13.0 Å². The van der Waals surface area contributed by atoms with Crippen LogP contribution >= 0.6 is 11.3 Å². The molecule has 0 radical (unpaired) electrons. The number of nitrogens with zero attached hydrogens (tertiary/aromatic N) is 2. The highest BCUT2D eigenvalue weighted by molar-refractivity contribution is 7.07. The Kier molecular flexibility index (Phi) is 3.26. The van der Waals surface area contributed by atoms with Crippen molar-refractivity contribution in [3.05, 3.63) is 46.4 Å².